The molecule has 0 aliphatic carbocycles. The molecule has 3 heteroatoms. The van der Waals surface area contributed by atoms with Crippen molar-refractivity contribution in [3.63, 3.8) is 0 Å². The zero-order chi connectivity index (χ0) is 37.7. The number of anilines is 3. The Morgan fingerprint density at radius 1 is 0.298 bits per heavy atom. The molecule has 57 heavy (non-hydrogen) atoms. The van der Waals surface area contributed by atoms with Gasteiger partial charge in [-0.2, -0.15) is 0 Å². The lowest BCUT2D eigenvalue weighted by Crippen LogP contribution is -2.12. The zero-order valence-electron chi connectivity index (χ0n) is 31.0. The zero-order valence-corrected chi connectivity index (χ0v) is 31.0. The fourth-order valence-electron chi connectivity index (χ4n) is 8.42. The third-order valence-electron chi connectivity index (χ3n) is 11.1. The van der Waals surface area contributed by atoms with Gasteiger partial charge in [-0.3, -0.25) is 0 Å². The number of furan rings is 2. The molecular weight excluding hydrogens is 695 g/mol. The van der Waals surface area contributed by atoms with Crippen LogP contribution < -0.4 is 4.90 Å². The molecule has 0 saturated heterocycles. The van der Waals surface area contributed by atoms with Crippen LogP contribution >= 0.6 is 0 Å². The Hall–Kier alpha value is -7.62. The SMILES string of the molecule is c1ccc(-c2ccc(-c3c(N(c4ccc(-c5ccccc5)c(-c5ccccc5)c4)c4ccc5c(c4)oc4ccccc45)ccc4oc5ccccc5c34)cc2)cc1. The lowest BCUT2D eigenvalue weighted by molar-refractivity contribution is 0.668. The fourth-order valence-corrected chi connectivity index (χ4v) is 8.42. The van der Waals surface area contributed by atoms with E-state index in [2.05, 4.69) is 199 Å². The molecule has 0 radical (unpaired) electrons. The van der Waals surface area contributed by atoms with Crippen LogP contribution in [-0.4, -0.2) is 0 Å². The minimum absolute atomic E-state index is 0.839. The molecule has 0 saturated carbocycles. The van der Waals surface area contributed by atoms with Crippen LogP contribution in [0, 0.1) is 0 Å². The van der Waals surface area contributed by atoms with Gasteiger partial charge in [-0.15, -0.1) is 0 Å². The first kappa shape index (κ1) is 32.8. The summed E-state index contributed by atoms with van der Waals surface area (Å²) in [4.78, 5) is 2.38. The van der Waals surface area contributed by atoms with Gasteiger partial charge in [0.05, 0.1) is 5.69 Å². The van der Waals surface area contributed by atoms with Gasteiger partial charge in [-0.1, -0.05) is 158 Å². The van der Waals surface area contributed by atoms with Gasteiger partial charge in [-0.25, -0.2) is 0 Å². The van der Waals surface area contributed by atoms with Crippen LogP contribution in [-0.2, 0) is 0 Å². The van der Waals surface area contributed by atoms with Crippen molar-refractivity contribution in [1.82, 2.24) is 0 Å². The lowest BCUT2D eigenvalue weighted by Gasteiger charge is -2.29. The molecule has 11 aromatic rings. The highest BCUT2D eigenvalue weighted by atomic mass is 16.3. The van der Waals surface area contributed by atoms with E-state index in [0.717, 1.165) is 83.2 Å². The minimum atomic E-state index is 0.839. The minimum Gasteiger partial charge on any atom is -0.456 e. The molecule has 3 nitrogen and oxygen atoms in total. The van der Waals surface area contributed by atoms with Crippen LogP contribution in [0.25, 0.3) is 88.4 Å². The molecule has 0 fully saturated rings. The van der Waals surface area contributed by atoms with Crippen LogP contribution in [0.4, 0.5) is 17.1 Å². The average Bonchev–Trinajstić information content (AvgIpc) is 3.86. The Morgan fingerprint density at radius 2 is 0.807 bits per heavy atom. The summed E-state index contributed by atoms with van der Waals surface area (Å²) in [5, 5.41) is 4.35. The van der Waals surface area contributed by atoms with E-state index in [1.165, 1.54) is 22.3 Å². The predicted octanol–water partition coefficient (Wildman–Crippen LogP) is 15.6. The Bertz CT molecular complexity index is 3220. The molecule has 9 aromatic carbocycles. The van der Waals surface area contributed by atoms with Crippen LogP contribution in [0.5, 0.6) is 0 Å². The van der Waals surface area contributed by atoms with Crippen molar-refractivity contribution in [2.45, 2.75) is 0 Å². The van der Waals surface area contributed by atoms with Gasteiger partial charge in [0.15, 0.2) is 0 Å². The van der Waals surface area contributed by atoms with Crippen LogP contribution in [0.15, 0.2) is 221 Å². The maximum absolute atomic E-state index is 6.55. The maximum atomic E-state index is 6.55. The van der Waals surface area contributed by atoms with Crippen molar-refractivity contribution in [3.8, 4) is 44.5 Å². The molecule has 0 amide bonds. The molecule has 0 N–H and O–H groups in total. The van der Waals surface area contributed by atoms with E-state index < -0.39 is 0 Å². The molecule has 0 aliphatic rings. The first-order chi connectivity index (χ1) is 28.3. The number of benzene rings is 9. The highest BCUT2D eigenvalue weighted by molar-refractivity contribution is 6.17. The summed E-state index contributed by atoms with van der Waals surface area (Å²) in [6.45, 7) is 0. The van der Waals surface area contributed by atoms with Gasteiger partial charge in [0.25, 0.3) is 0 Å². The monoisotopic (exact) mass is 729 g/mol. The van der Waals surface area contributed by atoms with Crippen LogP contribution in [0.2, 0.25) is 0 Å². The summed E-state index contributed by atoms with van der Waals surface area (Å²) in [6.07, 6.45) is 0. The van der Waals surface area contributed by atoms with E-state index in [9.17, 15) is 0 Å². The fraction of sp³-hybridized carbons (Fsp3) is 0. The summed E-state index contributed by atoms with van der Waals surface area (Å²) in [5.74, 6) is 0. The van der Waals surface area contributed by atoms with Crippen LogP contribution in [0.1, 0.15) is 0 Å². The van der Waals surface area contributed by atoms with E-state index >= 15 is 0 Å². The molecule has 0 unspecified atom stereocenters. The first-order valence-electron chi connectivity index (χ1n) is 19.3. The van der Waals surface area contributed by atoms with E-state index in [-0.39, 0.29) is 0 Å². The molecule has 0 atom stereocenters. The Labute approximate surface area is 330 Å². The number of rotatable bonds is 7. The Balaban J connectivity index is 1.20. The van der Waals surface area contributed by atoms with E-state index in [0.29, 0.717) is 0 Å². The summed E-state index contributed by atoms with van der Waals surface area (Å²) in [6, 6.07) is 75.2. The second kappa shape index (κ2) is 13.6. The highest BCUT2D eigenvalue weighted by Gasteiger charge is 2.24. The standard InChI is InChI=1S/C54H35NO2/c1-4-14-36(15-5-1)37-24-26-40(27-25-37)53-48(32-33-51-54(53)46-21-11-13-23-50(46)56-51)55(42-29-31-45-44-20-10-12-22-49(44)57-52(45)35-42)41-28-30-43(38-16-6-2-7-17-38)47(34-41)39-18-8-3-9-19-39/h1-35H. The Morgan fingerprint density at radius 3 is 1.53 bits per heavy atom. The third-order valence-corrected chi connectivity index (χ3v) is 11.1. The van der Waals surface area contributed by atoms with E-state index in [1.807, 2.05) is 18.2 Å². The second-order valence-electron chi connectivity index (χ2n) is 14.5. The smallest absolute Gasteiger partial charge is 0.137 e. The second-order valence-corrected chi connectivity index (χ2v) is 14.5. The number of fused-ring (bicyclic) bond motifs is 6. The molecule has 2 aromatic heterocycles. The van der Waals surface area contributed by atoms with Crippen LogP contribution in [0.3, 0.4) is 0 Å². The summed E-state index contributed by atoms with van der Waals surface area (Å²) in [5.41, 5.74) is 15.7. The Kier molecular flexibility index (Phi) is 7.82. The van der Waals surface area contributed by atoms with Gasteiger partial charge in [0, 0.05) is 44.5 Å². The van der Waals surface area contributed by atoms with Gasteiger partial charge < -0.3 is 13.7 Å². The summed E-state index contributed by atoms with van der Waals surface area (Å²) in [7, 11) is 0. The third kappa shape index (κ3) is 5.68. The lowest BCUT2D eigenvalue weighted by atomic mass is 9.92. The van der Waals surface area contributed by atoms with Gasteiger partial charge in [0.2, 0.25) is 0 Å². The molecular formula is C54H35NO2. The van der Waals surface area contributed by atoms with Gasteiger partial charge in [0.1, 0.15) is 22.3 Å². The highest BCUT2D eigenvalue weighted by Crippen LogP contribution is 2.49. The largest absolute Gasteiger partial charge is 0.456 e. The van der Waals surface area contributed by atoms with Crippen molar-refractivity contribution in [1.29, 1.82) is 0 Å². The normalized spacial score (nSPS) is 11.5. The van der Waals surface area contributed by atoms with Crippen molar-refractivity contribution >= 4 is 60.9 Å². The first-order valence-corrected chi connectivity index (χ1v) is 19.3. The molecule has 268 valence electrons. The molecule has 0 bridgehead atoms. The van der Waals surface area contributed by atoms with Crippen molar-refractivity contribution in [2.24, 2.45) is 0 Å². The average molecular weight is 730 g/mol. The topological polar surface area (TPSA) is 29.5 Å². The predicted molar refractivity (Wildman–Crippen MR) is 237 cm³/mol. The number of hydrogen-bond acceptors (Lipinski definition) is 3. The maximum Gasteiger partial charge on any atom is 0.137 e. The summed E-state index contributed by atoms with van der Waals surface area (Å²) < 4.78 is 13.1. The van der Waals surface area contributed by atoms with Crippen molar-refractivity contribution in [3.05, 3.63) is 212 Å². The molecule has 11 rings (SSSR count). The molecule has 2 heterocycles. The number of para-hydroxylation sites is 2. The number of hydrogen-bond donors (Lipinski definition) is 0. The number of nitrogens with zero attached hydrogens (tertiary/aromatic N) is 1. The van der Waals surface area contributed by atoms with Crippen molar-refractivity contribution in [2.75, 3.05) is 4.90 Å². The molecule has 0 aliphatic heterocycles. The molecule has 0 spiro atoms. The van der Waals surface area contributed by atoms with E-state index in [1.54, 1.807) is 0 Å². The van der Waals surface area contributed by atoms with Gasteiger partial charge >= 0.3 is 0 Å². The van der Waals surface area contributed by atoms with Gasteiger partial charge in [-0.05, 0) is 87.5 Å². The van der Waals surface area contributed by atoms with Crippen molar-refractivity contribution < 1.29 is 8.83 Å². The van der Waals surface area contributed by atoms with E-state index in [4.69, 9.17) is 8.83 Å². The summed E-state index contributed by atoms with van der Waals surface area (Å²) >= 11 is 0. The quantitative estimate of drug-likeness (QED) is 0.164.